The first kappa shape index (κ1) is 8.76. The summed E-state index contributed by atoms with van der Waals surface area (Å²) in [5.74, 6) is 0. The standard InChI is InChI=1S/C12H17N/c1-13-9-5-8-12(13)10-11-6-3-2-4-7-11/h2-4,6-7,12H,5,8-10H2,1H3/t12-/m0/s1. The van der Waals surface area contributed by atoms with Gasteiger partial charge < -0.3 is 4.90 Å². The summed E-state index contributed by atoms with van der Waals surface area (Å²) in [6.07, 6.45) is 3.96. The molecule has 1 atom stereocenters. The van der Waals surface area contributed by atoms with Gasteiger partial charge in [-0.3, -0.25) is 0 Å². The Bertz CT molecular complexity index is 255. The summed E-state index contributed by atoms with van der Waals surface area (Å²) >= 11 is 0. The maximum atomic E-state index is 2.48. The number of nitrogens with zero attached hydrogens (tertiary/aromatic N) is 1. The highest BCUT2D eigenvalue weighted by atomic mass is 15.1. The lowest BCUT2D eigenvalue weighted by atomic mass is 10.0. The van der Waals surface area contributed by atoms with Crippen molar-refractivity contribution in [2.45, 2.75) is 25.3 Å². The lowest BCUT2D eigenvalue weighted by molar-refractivity contribution is 0.309. The molecule has 0 amide bonds. The van der Waals surface area contributed by atoms with Gasteiger partial charge in [-0.15, -0.1) is 0 Å². The molecule has 0 spiro atoms. The van der Waals surface area contributed by atoms with E-state index in [1.54, 1.807) is 0 Å². The van der Waals surface area contributed by atoms with Crippen LogP contribution in [0.2, 0.25) is 0 Å². The molecule has 1 aromatic carbocycles. The van der Waals surface area contributed by atoms with E-state index in [-0.39, 0.29) is 0 Å². The Hall–Kier alpha value is -0.820. The van der Waals surface area contributed by atoms with Crippen molar-refractivity contribution < 1.29 is 0 Å². The van der Waals surface area contributed by atoms with Crippen molar-refractivity contribution in [1.29, 1.82) is 0 Å². The van der Waals surface area contributed by atoms with Crippen molar-refractivity contribution in [3.8, 4) is 0 Å². The Morgan fingerprint density at radius 2 is 2.08 bits per heavy atom. The van der Waals surface area contributed by atoms with Crippen LogP contribution >= 0.6 is 0 Å². The first-order chi connectivity index (χ1) is 6.36. The maximum Gasteiger partial charge on any atom is 0.0133 e. The van der Waals surface area contributed by atoms with Crippen LogP contribution in [0.4, 0.5) is 0 Å². The van der Waals surface area contributed by atoms with Crippen molar-refractivity contribution in [3.05, 3.63) is 35.9 Å². The third-order valence-corrected chi connectivity index (χ3v) is 2.99. The Balaban J connectivity index is 1.98. The van der Waals surface area contributed by atoms with E-state index in [0.29, 0.717) is 0 Å². The van der Waals surface area contributed by atoms with E-state index in [1.807, 2.05) is 0 Å². The quantitative estimate of drug-likeness (QED) is 0.666. The largest absolute Gasteiger partial charge is 0.303 e. The molecule has 0 aliphatic carbocycles. The normalized spacial score (nSPS) is 23.6. The van der Waals surface area contributed by atoms with Gasteiger partial charge in [-0.05, 0) is 38.4 Å². The number of likely N-dealkylation sites (tertiary alicyclic amines) is 1. The molecular formula is C12H17N. The summed E-state index contributed by atoms with van der Waals surface area (Å²) in [4.78, 5) is 2.48. The Kier molecular flexibility index (Phi) is 2.65. The minimum atomic E-state index is 0.780. The average molecular weight is 175 g/mol. The number of hydrogen-bond acceptors (Lipinski definition) is 1. The first-order valence-electron chi connectivity index (χ1n) is 5.10. The van der Waals surface area contributed by atoms with Gasteiger partial charge in [-0.1, -0.05) is 30.3 Å². The highest BCUT2D eigenvalue weighted by molar-refractivity contribution is 5.16. The molecule has 0 N–H and O–H groups in total. The zero-order valence-electron chi connectivity index (χ0n) is 8.24. The third-order valence-electron chi connectivity index (χ3n) is 2.99. The number of hydrogen-bond donors (Lipinski definition) is 0. The van der Waals surface area contributed by atoms with Crippen LogP contribution in [0.15, 0.2) is 30.3 Å². The maximum absolute atomic E-state index is 2.48. The summed E-state index contributed by atoms with van der Waals surface area (Å²) in [7, 11) is 2.24. The van der Waals surface area contributed by atoms with E-state index in [2.05, 4.69) is 42.3 Å². The SMILES string of the molecule is CN1CCC[C@H]1Cc1ccccc1. The molecule has 1 fully saturated rings. The molecule has 1 saturated heterocycles. The lowest BCUT2D eigenvalue weighted by Gasteiger charge is -2.19. The summed E-state index contributed by atoms with van der Waals surface area (Å²) in [5.41, 5.74) is 1.47. The van der Waals surface area contributed by atoms with Gasteiger partial charge in [0, 0.05) is 6.04 Å². The first-order valence-corrected chi connectivity index (χ1v) is 5.10. The fourth-order valence-electron chi connectivity index (χ4n) is 2.12. The van der Waals surface area contributed by atoms with Crippen LogP contribution in [0.5, 0.6) is 0 Å². The van der Waals surface area contributed by atoms with Gasteiger partial charge in [0.1, 0.15) is 0 Å². The van der Waals surface area contributed by atoms with Crippen LogP contribution < -0.4 is 0 Å². The third kappa shape index (κ3) is 2.10. The molecule has 1 aliphatic heterocycles. The van der Waals surface area contributed by atoms with E-state index in [0.717, 1.165) is 6.04 Å². The van der Waals surface area contributed by atoms with Gasteiger partial charge in [-0.25, -0.2) is 0 Å². The summed E-state index contributed by atoms with van der Waals surface area (Å²) < 4.78 is 0. The van der Waals surface area contributed by atoms with Gasteiger partial charge in [0.2, 0.25) is 0 Å². The topological polar surface area (TPSA) is 3.24 Å². The number of benzene rings is 1. The molecule has 0 bridgehead atoms. The molecule has 1 heteroatoms. The molecule has 1 heterocycles. The molecule has 1 aliphatic rings. The molecule has 0 saturated carbocycles. The van der Waals surface area contributed by atoms with Crippen LogP contribution in [-0.4, -0.2) is 24.5 Å². The summed E-state index contributed by atoms with van der Waals surface area (Å²) in [6.45, 7) is 1.28. The predicted molar refractivity (Wildman–Crippen MR) is 55.8 cm³/mol. The number of rotatable bonds is 2. The molecule has 13 heavy (non-hydrogen) atoms. The second kappa shape index (κ2) is 3.93. The highest BCUT2D eigenvalue weighted by Gasteiger charge is 2.20. The highest BCUT2D eigenvalue weighted by Crippen LogP contribution is 2.18. The van der Waals surface area contributed by atoms with Crippen molar-refractivity contribution in [3.63, 3.8) is 0 Å². The van der Waals surface area contributed by atoms with Crippen molar-refractivity contribution in [2.24, 2.45) is 0 Å². The molecule has 0 unspecified atom stereocenters. The van der Waals surface area contributed by atoms with Gasteiger partial charge in [0.25, 0.3) is 0 Å². The summed E-state index contributed by atoms with van der Waals surface area (Å²) in [5, 5.41) is 0. The minimum Gasteiger partial charge on any atom is -0.303 e. The Labute approximate surface area is 80.4 Å². The van der Waals surface area contributed by atoms with Crippen molar-refractivity contribution in [1.82, 2.24) is 4.90 Å². The van der Waals surface area contributed by atoms with Gasteiger partial charge in [0.05, 0.1) is 0 Å². The fraction of sp³-hybridized carbons (Fsp3) is 0.500. The molecule has 0 radical (unpaired) electrons. The molecule has 70 valence electrons. The van der Waals surface area contributed by atoms with E-state index in [1.165, 1.54) is 31.4 Å². The van der Waals surface area contributed by atoms with E-state index in [4.69, 9.17) is 0 Å². The number of likely N-dealkylation sites (N-methyl/N-ethyl adjacent to an activating group) is 1. The predicted octanol–water partition coefficient (Wildman–Crippen LogP) is 2.32. The average Bonchev–Trinajstić information content (AvgIpc) is 2.54. The zero-order chi connectivity index (χ0) is 9.10. The molecule has 1 aromatic rings. The van der Waals surface area contributed by atoms with Crippen LogP contribution in [0.1, 0.15) is 18.4 Å². The molecule has 1 nitrogen and oxygen atoms in total. The molecular weight excluding hydrogens is 158 g/mol. The fourth-order valence-corrected chi connectivity index (χ4v) is 2.12. The van der Waals surface area contributed by atoms with Gasteiger partial charge in [0.15, 0.2) is 0 Å². The van der Waals surface area contributed by atoms with Crippen molar-refractivity contribution >= 4 is 0 Å². The van der Waals surface area contributed by atoms with Crippen LogP contribution in [-0.2, 0) is 6.42 Å². The van der Waals surface area contributed by atoms with Gasteiger partial charge in [-0.2, -0.15) is 0 Å². The smallest absolute Gasteiger partial charge is 0.0133 e. The molecule has 2 rings (SSSR count). The minimum absolute atomic E-state index is 0.780. The second-order valence-electron chi connectivity index (χ2n) is 3.97. The van der Waals surface area contributed by atoms with Gasteiger partial charge >= 0.3 is 0 Å². The van der Waals surface area contributed by atoms with Crippen LogP contribution in [0, 0.1) is 0 Å². The summed E-state index contributed by atoms with van der Waals surface area (Å²) in [6, 6.07) is 11.6. The molecule has 0 aromatic heterocycles. The van der Waals surface area contributed by atoms with Crippen LogP contribution in [0.3, 0.4) is 0 Å². The Morgan fingerprint density at radius 3 is 2.69 bits per heavy atom. The van der Waals surface area contributed by atoms with E-state index < -0.39 is 0 Å². The monoisotopic (exact) mass is 175 g/mol. The lowest BCUT2D eigenvalue weighted by Crippen LogP contribution is -2.26. The Morgan fingerprint density at radius 1 is 1.31 bits per heavy atom. The van der Waals surface area contributed by atoms with E-state index in [9.17, 15) is 0 Å². The second-order valence-corrected chi connectivity index (χ2v) is 3.97. The van der Waals surface area contributed by atoms with E-state index >= 15 is 0 Å². The van der Waals surface area contributed by atoms with Crippen molar-refractivity contribution in [2.75, 3.05) is 13.6 Å². The zero-order valence-corrected chi connectivity index (χ0v) is 8.24. The van der Waals surface area contributed by atoms with Crippen LogP contribution in [0.25, 0.3) is 0 Å².